The Morgan fingerprint density at radius 1 is 1.07 bits per heavy atom. The Balaban J connectivity index is 1.91. The van der Waals surface area contributed by atoms with Crippen LogP contribution in [0.4, 0.5) is 0 Å². The van der Waals surface area contributed by atoms with Gasteiger partial charge in [-0.05, 0) is 31.2 Å². The molecule has 3 rings (SSSR count). The van der Waals surface area contributed by atoms with Crippen LogP contribution in [0, 0.1) is 0 Å². The van der Waals surface area contributed by atoms with Crippen molar-refractivity contribution in [2.45, 2.75) is 43.4 Å². The van der Waals surface area contributed by atoms with E-state index in [-0.39, 0.29) is 0 Å². The number of benzene rings is 1. The summed E-state index contributed by atoms with van der Waals surface area (Å²) < 4.78 is 0. The van der Waals surface area contributed by atoms with Crippen LogP contribution in [0.25, 0.3) is 0 Å². The fraction of sp³-hybridized carbons (Fsp3) is 0.538. The smallest absolute Gasteiger partial charge is 0.0926 e. The summed E-state index contributed by atoms with van der Waals surface area (Å²) in [5, 5.41) is 14.2. The summed E-state index contributed by atoms with van der Waals surface area (Å²) in [4.78, 5) is 0. The van der Waals surface area contributed by atoms with E-state index < -0.39 is 5.60 Å². The monoisotopic (exact) mass is 203 g/mol. The third kappa shape index (κ3) is 1.58. The van der Waals surface area contributed by atoms with Gasteiger partial charge in [-0.3, -0.25) is 0 Å². The van der Waals surface area contributed by atoms with Crippen molar-refractivity contribution >= 4 is 0 Å². The zero-order valence-electron chi connectivity index (χ0n) is 8.82. The van der Waals surface area contributed by atoms with Crippen molar-refractivity contribution in [1.29, 1.82) is 0 Å². The zero-order valence-corrected chi connectivity index (χ0v) is 8.82. The molecule has 2 heteroatoms. The van der Waals surface area contributed by atoms with Gasteiger partial charge < -0.3 is 10.4 Å². The Morgan fingerprint density at radius 2 is 1.67 bits per heavy atom. The molecule has 1 aromatic carbocycles. The predicted molar refractivity (Wildman–Crippen MR) is 59.5 cm³/mol. The highest BCUT2D eigenvalue weighted by atomic mass is 16.3. The van der Waals surface area contributed by atoms with E-state index in [1.54, 1.807) is 0 Å². The van der Waals surface area contributed by atoms with E-state index in [9.17, 15) is 5.11 Å². The molecule has 2 fully saturated rings. The van der Waals surface area contributed by atoms with E-state index in [1.165, 1.54) is 12.8 Å². The number of hydrogen-bond acceptors (Lipinski definition) is 2. The molecule has 0 aliphatic carbocycles. The molecule has 2 atom stereocenters. The van der Waals surface area contributed by atoms with E-state index in [1.807, 2.05) is 30.3 Å². The number of aliphatic hydroxyl groups is 1. The van der Waals surface area contributed by atoms with Crippen molar-refractivity contribution in [1.82, 2.24) is 5.32 Å². The van der Waals surface area contributed by atoms with Gasteiger partial charge in [0.05, 0.1) is 5.60 Å². The molecule has 2 aliphatic heterocycles. The molecule has 0 unspecified atom stereocenters. The minimum atomic E-state index is -0.585. The van der Waals surface area contributed by atoms with E-state index in [0.717, 1.165) is 18.4 Å². The predicted octanol–water partition coefficient (Wildman–Crippen LogP) is 1.79. The fourth-order valence-electron chi connectivity index (χ4n) is 3.11. The second-order valence-electron chi connectivity index (χ2n) is 4.94. The molecule has 80 valence electrons. The minimum Gasteiger partial charge on any atom is -0.385 e. The molecule has 15 heavy (non-hydrogen) atoms. The summed E-state index contributed by atoms with van der Waals surface area (Å²) in [5.74, 6) is 0. The van der Waals surface area contributed by atoms with Crippen molar-refractivity contribution in [2.75, 3.05) is 0 Å². The third-order valence-corrected chi connectivity index (χ3v) is 3.81. The van der Waals surface area contributed by atoms with Crippen LogP contribution in [0.1, 0.15) is 31.2 Å². The van der Waals surface area contributed by atoms with Gasteiger partial charge in [-0.25, -0.2) is 0 Å². The summed E-state index contributed by atoms with van der Waals surface area (Å²) in [5.41, 5.74) is 0.502. The van der Waals surface area contributed by atoms with Crippen molar-refractivity contribution in [3.8, 4) is 0 Å². The topological polar surface area (TPSA) is 32.3 Å². The van der Waals surface area contributed by atoms with Crippen molar-refractivity contribution in [3.05, 3.63) is 35.9 Å². The van der Waals surface area contributed by atoms with Crippen LogP contribution in [0.5, 0.6) is 0 Å². The zero-order chi connectivity index (χ0) is 10.3. The Bertz CT molecular complexity index is 337. The maximum absolute atomic E-state index is 10.7. The first-order valence-corrected chi connectivity index (χ1v) is 5.80. The Hall–Kier alpha value is -0.860. The average molecular weight is 203 g/mol. The molecule has 1 aromatic rings. The van der Waals surface area contributed by atoms with Gasteiger partial charge in [0, 0.05) is 12.1 Å². The number of hydrogen-bond donors (Lipinski definition) is 2. The molecule has 2 nitrogen and oxygen atoms in total. The molecule has 2 aliphatic rings. The molecule has 0 amide bonds. The Morgan fingerprint density at radius 3 is 2.27 bits per heavy atom. The highest BCUT2D eigenvalue weighted by Gasteiger charge is 2.43. The van der Waals surface area contributed by atoms with Crippen LogP contribution < -0.4 is 5.32 Å². The lowest BCUT2D eigenvalue weighted by molar-refractivity contribution is -0.0114. The maximum atomic E-state index is 10.7. The quantitative estimate of drug-likeness (QED) is 0.729. The summed E-state index contributed by atoms with van der Waals surface area (Å²) in [6.45, 7) is 0. The van der Waals surface area contributed by atoms with Gasteiger partial charge in [-0.2, -0.15) is 0 Å². The largest absolute Gasteiger partial charge is 0.385 e. The maximum Gasteiger partial charge on any atom is 0.0926 e. The van der Waals surface area contributed by atoms with E-state index in [0.29, 0.717) is 12.1 Å². The number of nitrogens with one attached hydrogen (secondary N) is 1. The number of rotatable bonds is 1. The third-order valence-electron chi connectivity index (χ3n) is 3.81. The molecule has 0 radical (unpaired) electrons. The fourth-order valence-corrected chi connectivity index (χ4v) is 3.11. The second-order valence-corrected chi connectivity index (χ2v) is 4.94. The number of fused-ring (bicyclic) bond motifs is 2. The van der Waals surface area contributed by atoms with Crippen LogP contribution in [-0.4, -0.2) is 17.2 Å². The second kappa shape index (κ2) is 3.32. The lowest BCUT2D eigenvalue weighted by Crippen LogP contribution is -2.46. The summed E-state index contributed by atoms with van der Waals surface area (Å²) >= 11 is 0. The van der Waals surface area contributed by atoms with Gasteiger partial charge in [-0.15, -0.1) is 0 Å². The van der Waals surface area contributed by atoms with Crippen molar-refractivity contribution in [3.63, 3.8) is 0 Å². The first-order valence-electron chi connectivity index (χ1n) is 5.80. The molecule has 0 spiro atoms. The standard InChI is InChI=1S/C13H17NO/c15-13(10-4-2-1-3-5-10)8-11-6-7-12(9-13)14-11/h1-5,11-12,14-15H,6-9H2/t11-,12-/m1/s1. The summed E-state index contributed by atoms with van der Waals surface area (Å²) in [6.07, 6.45) is 4.18. The summed E-state index contributed by atoms with van der Waals surface area (Å²) in [7, 11) is 0. The number of piperidine rings is 1. The highest BCUT2D eigenvalue weighted by Crippen LogP contribution is 2.40. The van der Waals surface area contributed by atoms with Crippen molar-refractivity contribution in [2.24, 2.45) is 0 Å². The Labute approximate surface area is 90.3 Å². The van der Waals surface area contributed by atoms with Crippen molar-refractivity contribution < 1.29 is 5.11 Å². The van der Waals surface area contributed by atoms with Gasteiger partial charge in [-0.1, -0.05) is 30.3 Å². The molecule has 0 saturated carbocycles. The lowest BCUT2D eigenvalue weighted by atomic mass is 9.81. The molecule has 2 N–H and O–H groups in total. The van der Waals surface area contributed by atoms with Gasteiger partial charge in [0.25, 0.3) is 0 Å². The SMILES string of the molecule is OC1(c2ccccc2)C[C@H]2CC[C@H](C1)N2. The van der Waals surface area contributed by atoms with Crippen LogP contribution in [-0.2, 0) is 5.60 Å². The van der Waals surface area contributed by atoms with Gasteiger partial charge in [0.15, 0.2) is 0 Å². The van der Waals surface area contributed by atoms with Crippen LogP contribution in [0.3, 0.4) is 0 Å². The first-order chi connectivity index (χ1) is 7.26. The molecular weight excluding hydrogens is 186 g/mol. The molecule has 2 saturated heterocycles. The Kier molecular flexibility index (Phi) is 2.08. The highest BCUT2D eigenvalue weighted by molar-refractivity contribution is 5.24. The van der Waals surface area contributed by atoms with E-state index in [4.69, 9.17) is 0 Å². The van der Waals surface area contributed by atoms with Gasteiger partial charge >= 0.3 is 0 Å². The van der Waals surface area contributed by atoms with Crippen LogP contribution >= 0.6 is 0 Å². The average Bonchev–Trinajstić information content (AvgIpc) is 2.60. The van der Waals surface area contributed by atoms with E-state index in [2.05, 4.69) is 5.32 Å². The first kappa shape index (κ1) is 9.37. The van der Waals surface area contributed by atoms with Crippen LogP contribution in [0.15, 0.2) is 30.3 Å². The molecule has 2 bridgehead atoms. The van der Waals surface area contributed by atoms with Gasteiger partial charge in [0.1, 0.15) is 0 Å². The normalized spacial score (nSPS) is 39.3. The molecule has 2 heterocycles. The van der Waals surface area contributed by atoms with E-state index >= 15 is 0 Å². The summed E-state index contributed by atoms with van der Waals surface area (Å²) in [6, 6.07) is 11.2. The molecular formula is C13H17NO. The van der Waals surface area contributed by atoms with Crippen LogP contribution in [0.2, 0.25) is 0 Å². The minimum absolute atomic E-state index is 0.522. The molecule has 0 aromatic heterocycles. The lowest BCUT2D eigenvalue weighted by Gasteiger charge is -2.37. The van der Waals surface area contributed by atoms with Gasteiger partial charge in [0.2, 0.25) is 0 Å².